The molecule has 33 heavy (non-hydrogen) atoms. The molecule has 2 aromatic carbocycles. The Morgan fingerprint density at radius 1 is 0.939 bits per heavy atom. The van der Waals surface area contributed by atoms with Crippen molar-refractivity contribution in [3.05, 3.63) is 74.7 Å². The first kappa shape index (κ1) is 22.9. The fourth-order valence-corrected chi connectivity index (χ4v) is 4.34. The normalized spacial score (nSPS) is 13.7. The van der Waals surface area contributed by atoms with Gasteiger partial charge in [0.25, 0.3) is 5.56 Å². The van der Waals surface area contributed by atoms with Crippen LogP contribution < -0.4 is 19.9 Å². The van der Waals surface area contributed by atoms with E-state index in [0.717, 1.165) is 47.0 Å². The molecule has 1 aliphatic heterocycles. The van der Waals surface area contributed by atoms with Gasteiger partial charge in [-0.2, -0.15) is 0 Å². The van der Waals surface area contributed by atoms with E-state index in [1.54, 1.807) is 18.8 Å². The maximum absolute atomic E-state index is 13.2. The molecule has 4 rings (SSSR count). The van der Waals surface area contributed by atoms with Crippen molar-refractivity contribution >= 4 is 11.6 Å². The number of methoxy groups -OCH3 is 2. The molecule has 7 heteroatoms. The summed E-state index contributed by atoms with van der Waals surface area (Å²) >= 11 is 0. The SMILES string of the molecule is COc1ccc(CCN2CN(c3ccc(C)cc3C)c3nc(C)c(C)c(=O)n3C2)cc1OC. The molecular formula is C26H32N4O3. The van der Waals surface area contributed by atoms with Crippen molar-refractivity contribution in [3.63, 3.8) is 0 Å². The molecule has 0 radical (unpaired) electrons. The fourth-order valence-electron chi connectivity index (χ4n) is 4.34. The lowest BCUT2D eigenvalue weighted by Gasteiger charge is -2.39. The molecule has 0 spiro atoms. The Morgan fingerprint density at radius 2 is 1.70 bits per heavy atom. The van der Waals surface area contributed by atoms with E-state index in [1.165, 1.54) is 5.56 Å². The van der Waals surface area contributed by atoms with Gasteiger partial charge in [0.15, 0.2) is 11.5 Å². The summed E-state index contributed by atoms with van der Waals surface area (Å²) in [6, 6.07) is 12.4. The van der Waals surface area contributed by atoms with E-state index in [1.807, 2.05) is 26.0 Å². The molecule has 0 amide bonds. The Balaban J connectivity index is 1.66. The van der Waals surface area contributed by atoms with Gasteiger partial charge < -0.3 is 9.47 Å². The first-order valence-corrected chi connectivity index (χ1v) is 11.2. The highest BCUT2D eigenvalue weighted by Gasteiger charge is 2.28. The maximum atomic E-state index is 13.2. The van der Waals surface area contributed by atoms with Crippen LogP contribution in [0, 0.1) is 27.7 Å². The Labute approximate surface area is 195 Å². The predicted molar refractivity (Wildman–Crippen MR) is 131 cm³/mol. The Kier molecular flexibility index (Phi) is 6.42. The number of nitrogens with zero attached hydrogens (tertiary/aromatic N) is 4. The summed E-state index contributed by atoms with van der Waals surface area (Å²) in [6.07, 6.45) is 0.823. The average Bonchev–Trinajstić information content (AvgIpc) is 2.81. The summed E-state index contributed by atoms with van der Waals surface area (Å²) < 4.78 is 12.6. The van der Waals surface area contributed by atoms with E-state index < -0.39 is 0 Å². The van der Waals surface area contributed by atoms with Crippen molar-refractivity contribution < 1.29 is 9.47 Å². The molecule has 2 heterocycles. The number of aryl methyl sites for hydroxylation is 3. The topological polar surface area (TPSA) is 59.8 Å². The summed E-state index contributed by atoms with van der Waals surface area (Å²) in [5, 5.41) is 0. The summed E-state index contributed by atoms with van der Waals surface area (Å²) in [6.45, 7) is 9.91. The molecule has 174 valence electrons. The monoisotopic (exact) mass is 448 g/mol. The molecule has 3 aromatic rings. The first-order valence-electron chi connectivity index (χ1n) is 11.2. The number of aromatic nitrogens is 2. The molecule has 0 bridgehead atoms. The Bertz CT molecular complexity index is 1230. The lowest BCUT2D eigenvalue weighted by molar-refractivity contribution is 0.200. The minimum absolute atomic E-state index is 0.0167. The van der Waals surface area contributed by atoms with Gasteiger partial charge in [0.1, 0.15) is 0 Å². The highest BCUT2D eigenvalue weighted by molar-refractivity contribution is 5.63. The summed E-state index contributed by atoms with van der Waals surface area (Å²) in [7, 11) is 3.29. The number of rotatable bonds is 6. The van der Waals surface area contributed by atoms with Gasteiger partial charge >= 0.3 is 0 Å². The van der Waals surface area contributed by atoms with Gasteiger partial charge in [-0.25, -0.2) is 4.98 Å². The largest absolute Gasteiger partial charge is 0.493 e. The van der Waals surface area contributed by atoms with E-state index >= 15 is 0 Å². The van der Waals surface area contributed by atoms with Crippen molar-refractivity contribution in [2.75, 3.05) is 32.3 Å². The van der Waals surface area contributed by atoms with Crippen LogP contribution in [0.2, 0.25) is 0 Å². The second kappa shape index (κ2) is 9.27. The van der Waals surface area contributed by atoms with E-state index in [2.05, 4.69) is 47.9 Å². The summed E-state index contributed by atoms with van der Waals surface area (Å²) in [5.41, 5.74) is 6.09. The third-order valence-electron chi connectivity index (χ3n) is 6.35. The molecule has 0 saturated heterocycles. The molecular weight excluding hydrogens is 416 g/mol. The molecule has 0 fully saturated rings. The van der Waals surface area contributed by atoms with Crippen LogP contribution in [0.25, 0.3) is 0 Å². The smallest absolute Gasteiger partial charge is 0.259 e. The second-order valence-corrected chi connectivity index (χ2v) is 8.69. The first-order chi connectivity index (χ1) is 15.8. The van der Waals surface area contributed by atoms with Gasteiger partial charge in [-0.3, -0.25) is 19.2 Å². The highest BCUT2D eigenvalue weighted by atomic mass is 16.5. The molecule has 0 unspecified atom stereocenters. The van der Waals surface area contributed by atoms with Gasteiger partial charge in [-0.15, -0.1) is 0 Å². The van der Waals surface area contributed by atoms with Crippen molar-refractivity contribution in [3.8, 4) is 11.5 Å². The van der Waals surface area contributed by atoms with E-state index in [0.29, 0.717) is 24.8 Å². The summed E-state index contributed by atoms with van der Waals surface area (Å²) in [5.74, 6) is 2.15. The van der Waals surface area contributed by atoms with Crippen molar-refractivity contribution in [2.24, 2.45) is 0 Å². The van der Waals surface area contributed by atoms with Crippen LogP contribution in [-0.2, 0) is 13.1 Å². The fraction of sp³-hybridized carbons (Fsp3) is 0.385. The third kappa shape index (κ3) is 4.46. The molecule has 1 aromatic heterocycles. The van der Waals surface area contributed by atoms with E-state index in [-0.39, 0.29) is 5.56 Å². The van der Waals surface area contributed by atoms with Crippen molar-refractivity contribution in [2.45, 2.75) is 40.8 Å². The molecule has 0 saturated carbocycles. The van der Waals surface area contributed by atoms with Crippen LogP contribution in [0.4, 0.5) is 11.6 Å². The quantitative estimate of drug-likeness (QED) is 0.566. The second-order valence-electron chi connectivity index (χ2n) is 8.69. The molecule has 7 nitrogen and oxygen atoms in total. The minimum Gasteiger partial charge on any atom is -0.493 e. The van der Waals surface area contributed by atoms with Crippen LogP contribution in [0.1, 0.15) is 27.9 Å². The molecule has 0 N–H and O–H groups in total. The van der Waals surface area contributed by atoms with Crippen LogP contribution in [-0.4, -0.2) is 41.9 Å². The summed E-state index contributed by atoms with van der Waals surface area (Å²) in [4.78, 5) is 22.4. The number of fused-ring (bicyclic) bond motifs is 1. The van der Waals surface area contributed by atoms with Gasteiger partial charge in [-0.05, 0) is 63.4 Å². The van der Waals surface area contributed by atoms with Crippen LogP contribution in [0.5, 0.6) is 11.5 Å². The zero-order chi connectivity index (χ0) is 23.7. The lowest BCUT2D eigenvalue weighted by atomic mass is 10.1. The third-order valence-corrected chi connectivity index (χ3v) is 6.35. The number of anilines is 2. The van der Waals surface area contributed by atoms with Crippen LogP contribution >= 0.6 is 0 Å². The van der Waals surface area contributed by atoms with Gasteiger partial charge in [0.05, 0.1) is 27.6 Å². The average molecular weight is 449 g/mol. The van der Waals surface area contributed by atoms with Crippen molar-refractivity contribution in [1.29, 1.82) is 0 Å². The lowest BCUT2D eigenvalue weighted by Crippen LogP contribution is -2.48. The van der Waals surface area contributed by atoms with E-state index in [9.17, 15) is 4.79 Å². The number of hydrogen-bond acceptors (Lipinski definition) is 6. The Hall–Kier alpha value is -3.32. The van der Waals surface area contributed by atoms with Gasteiger partial charge in [0, 0.05) is 23.5 Å². The maximum Gasteiger partial charge on any atom is 0.259 e. The standard InChI is InChI=1S/C26H32N4O3/c1-17-7-9-22(18(2)13-17)29-15-28(16-30-25(31)19(3)20(4)27-26(29)30)12-11-21-8-10-23(32-5)24(14-21)33-6/h7-10,13-14H,11-12,15-16H2,1-6H3. The molecule has 1 aliphatic rings. The zero-order valence-corrected chi connectivity index (χ0v) is 20.3. The molecule has 0 aliphatic carbocycles. The number of hydrogen-bond donors (Lipinski definition) is 0. The Morgan fingerprint density at radius 3 is 2.39 bits per heavy atom. The number of ether oxygens (including phenoxy) is 2. The minimum atomic E-state index is 0.0167. The zero-order valence-electron chi connectivity index (χ0n) is 20.3. The number of benzene rings is 2. The highest BCUT2D eigenvalue weighted by Crippen LogP contribution is 2.31. The van der Waals surface area contributed by atoms with Crippen LogP contribution in [0.3, 0.4) is 0 Å². The van der Waals surface area contributed by atoms with E-state index in [4.69, 9.17) is 14.5 Å². The van der Waals surface area contributed by atoms with Crippen molar-refractivity contribution in [1.82, 2.24) is 14.5 Å². The predicted octanol–water partition coefficient (Wildman–Crippen LogP) is 4.11. The van der Waals surface area contributed by atoms with Crippen LogP contribution in [0.15, 0.2) is 41.2 Å². The molecule has 0 atom stereocenters. The van der Waals surface area contributed by atoms with Gasteiger partial charge in [0.2, 0.25) is 5.95 Å². The van der Waals surface area contributed by atoms with Gasteiger partial charge in [-0.1, -0.05) is 23.8 Å².